The Morgan fingerprint density at radius 1 is 1.58 bits per heavy atom. The number of rotatable bonds is 2. The van der Waals surface area contributed by atoms with Crippen LogP contribution in [0.15, 0.2) is 0 Å². The summed E-state index contributed by atoms with van der Waals surface area (Å²) >= 11 is 0. The number of hydrogen-bond donors (Lipinski definition) is 1. The van der Waals surface area contributed by atoms with Crippen molar-refractivity contribution < 1.29 is 14.3 Å². The van der Waals surface area contributed by atoms with Gasteiger partial charge in [-0.2, -0.15) is 0 Å². The molecule has 0 aromatic carbocycles. The Labute approximate surface area is 71.5 Å². The van der Waals surface area contributed by atoms with E-state index in [-0.39, 0.29) is 6.04 Å². The molecule has 0 aromatic rings. The predicted molar refractivity (Wildman–Crippen MR) is 43.3 cm³/mol. The first-order chi connectivity index (χ1) is 5.54. The molecule has 0 aliphatic rings. The van der Waals surface area contributed by atoms with Crippen LogP contribution in [0.4, 0.5) is 0 Å². The highest BCUT2D eigenvalue weighted by atomic mass is 16.5. The quantitative estimate of drug-likeness (QED) is 0.429. The lowest BCUT2D eigenvalue weighted by atomic mass is 10.3. The molecule has 70 valence electrons. The Morgan fingerprint density at radius 3 is 2.42 bits per heavy atom. The molecule has 1 amide bonds. The molecule has 0 aliphatic carbocycles. The second kappa shape index (κ2) is 4.71. The number of nitrogens with zero attached hydrogens (tertiary/aromatic N) is 1. The lowest BCUT2D eigenvalue weighted by Gasteiger charge is -2.21. The molecule has 0 fully saturated rings. The monoisotopic (exact) mass is 174 g/mol. The van der Waals surface area contributed by atoms with Crippen molar-refractivity contribution >= 4 is 11.9 Å². The lowest BCUT2D eigenvalue weighted by molar-refractivity contribution is -0.158. The van der Waals surface area contributed by atoms with E-state index in [1.165, 1.54) is 19.1 Å². The zero-order valence-electron chi connectivity index (χ0n) is 7.53. The number of amides is 1. The van der Waals surface area contributed by atoms with Crippen LogP contribution in [0.2, 0.25) is 0 Å². The van der Waals surface area contributed by atoms with E-state index in [2.05, 4.69) is 4.74 Å². The van der Waals surface area contributed by atoms with E-state index in [0.29, 0.717) is 6.54 Å². The zero-order chi connectivity index (χ0) is 9.72. The van der Waals surface area contributed by atoms with Crippen molar-refractivity contribution in [3.05, 3.63) is 0 Å². The highest BCUT2D eigenvalue weighted by molar-refractivity contribution is 6.32. The molecule has 0 rings (SSSR count). The van der Waals surface area contributed by atoms with Crippen LogP contribution in [0.25, 0.3) is 0 Å². The third kappa shape index (κ3) is 2.50. The summed E-state index contributed by atoms with van der Waals surface area (Å²) in [4.78, 5) is 23.0. The summed E-state index contributed by atoms with van der Waals surface area (Å²) in [6.45, 7) is 2.07. The van der Waals surface area contributed by atoms with Gasteiger partial charge in [0.2, 0.25) is 0 Å². The summed E-state index contributed by atoms with van der Waals surface area (Å²) in [6.07, 6.45) is 0. The topological polar surface area (TPSA) is 72.6 Å². The first-order valence-corrected chi connectivity index (χ1v) is 3.59. The van der Waals surface area contributed by atoms with Gasteiger partial charge < -0.3 is 15.4 Å². The van der Waals surface area contributed by atoms with E-state index in [1.54, 1.807) is 6.92 Å². The summed E-state index contributed by atoms with van der Waals surface area (Å²) < 4.78 is 4.26. The van der Waals surface area contributed by atoms with Gasteiger partial charge in [-0.15, -0.1) is 0 Å². The van der Waals surface area contributed by atoms with Crippen molar-refractivity contribution in [1.82, 2.24) is 4.90 Å². The Hall–Kier alpha value is -1.10. The fourth-order valence-electron chi connectivity index (χ4n) is 0.590. The van der Waals surface area contributed by atoms with Crippen LogP contribution in [0.1, 0.15) is 6.92 Å². The van der Waals surface area contributed by atoms with Gasteiger partial charge in [0.05, 0.1) is 7.11 Å². The molecule has 0 aromatic heterocycles. The van der Waals surface area contributed by atoms with Crippen LogP contribution >= 0.6 is 0 Å². The fourth-order valence-corrected chi connectivity index (χ4v) is 0.590. The summed E-state index contributed by atoms with van der Waals surface area (Å²) in [6, 6.07) is -0.156. The van der Waals surface area contributed by atoms with Gasteiger partial charge in [0.25, 0.3) is 0 Å². The Morgan fingerprint density at radius 2 is 2.08 bits per heavy atom. The lowest BCUT2D eigenvalue weighted by Crippen LogP contribution is -2.43. The van der Waals surface area contributed by atoms with Gasteiger partial charge >= 0.3 is 11.9 Å². The molecule has 0 saturated heterocycles. The van der Waals surface area contributed by atoms with Crippen molar-refractivity contribution in [2.24, 2.45) is 5.73 Å². The van der Waals surface area contributed by atoms with Crippen molar-refractivity contribution in [3.63, 3.8) is 0 Å². The Kier molecular flexibility index (Phi) is 4.28. The molecule has 1 atom stereocenters. The van der Waals surface area contributed by atoms with Crippen molar-refractivity contribution in [2.75, 3.05) is 20.7 Å². The van der Waals surface area contributed by atoms with Gasteiger partial charge in [0.1, 0.15) is 0 Å². The van der Waals surface area contributed by atoms with Crippen LogP contribution in [0, 0.1) is 0 Å². The van der Waals surface area contributed by atoms with Crippen LogP contribution < -0.4 is 5.73 Å². The zero-order valence-corrected chi connectivity index (χ0v) is 7.53. The minimum absolute atomic E-state index is 0.156. The van der Waals surface area contributed by atoms with Gasteiger partial charge in [-0.05, 0) is 6.92 Å². The van der Waals surface area contributed by atoms with Gasteiger partial charge in [-0.25, -0.2) is 4.79 Å². The van der Waals surface area contributed by atoms with E-state index in [9.17, 15) is 9.59 Å². The van der Waals surface area contributed by atoms with Crippen molar-refractivity contribution in [3.8, 4) is 0 Å². The van der Waals surface area contributed by atoms with Gasteiger partial charge in [-0.1, -0.05) is 0 Å². The third-order valence-corrected chi connectivity index (χ3v) is 1.68. The number of likely N-dealkylation sites (N-methyl/N-ethyl adjacent to an activating group) is 1. The normalized spacial score (nSPS) is 12.0. The number of carbonyl (C=O) groups excluding carboxylic acids is 2. The molecule has 0 aliphatic heterocycles. The maximum Gasteiger partial charge on any atom is 0.396 e. The molecule has 0 bridgehead atoms. The van der Waals surface area contributed by atoms with Gasteiger partial charge in [0.15, 0.2) is 0 Å². The maximum atomic E-state index is 11.1. The SMILES string of the molecule is COC(=O)C(=O)N(C)C(C)CN. The van der Waals surface area contributed by atoms with E-state index in [1.807, 2.05) is 0 Å². The first kappa shape index (κ1) is 10.9. The number of esters is 1. The summed E-state index contributed by atoms with van der Waals surface area (Å²) in [5, 5.41) is 0. The second-order valence-electron chi connectivity index (χ2n) is 2.49. The molecule has 0 saturated carbocycles. The highest BCUT2D eigenvalue weighted by Gasteiger charge is 2.22. The average molecular weight is 174 g/mol. The van der Waals surface area contributed by atoms with E-state index < -0.39 is 11.9 Å². The average Bonchev–Trinajstić information content (AvgIpc) is 2.12. The van der Waals surface area contributed by atoms with Crippen molar-refractivity contribution in [1.29, 1.82) is 0 Å². The highest BCUT2D eigenvalue weighted by Crippen LogP contribution is 1.94. The third-order valence-electron chi connectivity index (χ3n) is 1.68. The van der Waals surface area contributed by atoms with E-state index >= 15 is 0 Å². The molecule has 1 unspecified atom stereocenters. The molecule has 12 heavy (non-hydrogen) atoms. The smallest absolute Gasteiger partial charge is 0.396 e. The molecule has 5 nitrogen and oxygen atoms in total. The molecule has 5 heteroatoms. The molecular formula is C7H14N2O3. The predicted octanol–water partition coefficient (Wildman–Crippen LogP) is -1.03. The molecular weight excluding hydrogens is 160 g/mol. The minimum atomic E-state index is -0.863. The van der Waals surface area contributed by atoms with Crippen molar-refractivity contribution in [2.45, 2.75) is 13.0 Å². The molecule has 0 radical (unpaired) electrons. The Balaban J connectivity index is 4.19. The molecule has 0 heterocycles. The number of methoxy groups -OCH3 is 1. The maximum absolute atomic E-state index is 11.1. The van der Waals surface area contributed by atoms with Gasteiger partial charge in [-0.3, -0.25) is 4.79 Å². The minimum Gasteiger partial charge on any atom is -0.462 e. The summed E-state index contributed by atoms with van der Waals surface area (Å²) in [7, 11) is 2.68. The van der Waals surface area contributed by atoms with Crippen LogP contribution in [-0.2, 0) is 14.3 Å². The number of nitrogens with two attached hydrogens (primary N) is 1. The number of hydrogen-bond acceptors (Lipinski definition) is 4. The summed E-state index contributed by atoms with van der Waals surface area (Å²) in [5.74, 6) is -1.53. The van der Waals surface area contributed by atoms with Crippen LogP contribution in [-0.4, -0.2) is 43.5 Å². The number of ether oxygens (including phenoxy) is 1. The summed E-state index contributed by atoms with van der Waals surface area (Å²) in [5.41, 5.74) is 5.31. The van der Waals surface area contributed by atoms with E-state index in [4.69, 9.17) is 5.73 Å². The largest absolute Gasteiger partial charge is 0.462 e. The van der Waals surface area contributed by atoms with Crippen LogP contribution in [0.5, 0.6) is 0 Å². The first-order valence-electron chi connectivity index (χ1n) is 3.59. The van der Waals surface area contributed by atoms with Crippen LogP contribution in [0.3, 0.4) is 0 Å². The van der Waals surface area contributed by atoms with Gasteiger partial charge in [0, 0.05) is 19.6 Å². The Bertz CT molecular complexity index is 181. The second-order valence-corrected chi connectivity index (χ2v) is 2.49. The molecule has 2 N–H and O–H groups in total. The molecule has 0 spiro atoms. The fraction of sp³-hybridized carbons (Fsp3) is 0.714. The standard InChI is InChI=1S/C7H14N2O3/c1-5(4-8)9(2)6(10)7(11)12-3/h5H,4,8H2,1-3H3. The number of carbonyl (C=O) groups is 2. The van der Waals surface area contributed by atoms with E-state index in [0.717, 1.165) is 0 Å².